The van der Waals surface area contributed by atoms with Crippen LogP contribution in [-0.4, -0.2) is 47.6 Å². The number of benzene rings is 1. The van der Waals surface area contributed by atoms with E-state index in [9.17, 15) is 0 Å². The van der Waals surface area contributed by atoms with Crippen molar-refractivity contribution in [3.63, 3.8) is 0 Å². The number of nitrogens with zero attached hydrogens (tertiary/aromatic N) is 3. The number of hydrogen-bond donors (Lipinski definition) is 2. The van der Waals surface area contributed by atoms with Gasteiger partial charge in [0.1, 0.15) is 5.75 Å². The second-order valence-corrected chi connectivity index (χ2v) is 7.92. The van der Waals surface area contributed by atoms with E-state index in [0.29, 0.717) is 6.61 Å². The Kier molecular flexibility index (Phi) is 7.85. The third-order valence-corrected chi connectivity index (χ3v) is 5.56. The van der Waals surface area contributed by atoms with Gasteiger partial charge in [-0.25, -0.2) is 0 Å². The zero-order valence-corrected chi connectivity index (χ0v) is 16.9. The lowest BCUT2D eigenvalue weighted by atomic mass is 10.1. The van der Waals surface area contributed by atoms with E-state index in [-0.39, 0.29) is 0 Å². The molecule has 3 rings (SSSR count). The number of likely N-dealkylation sites (tertiary alicyclic amines) is 1. The molecular weight excluding hydrogens is 366 g/mol. The lowest BCUT2D eigenvalue weighted by Gasteiger charge is -2.26. The molecule has 0 atom stereocenters. The molecule has 1 aromatic carbocycles. The Hall–Kier alpha value is -1.51. The highest BCUT2D eigenvalue weighted by Gasteiger charge is 2.10. The van der Waals surface area contributed by atoms with Gasteiger partial charge in [0.2, 0.25) is 10.3 Å². The molecule has 0 bridgehead atoms. The number of nitrogens with one attached hydrogen (secondary N) is 2. The molecule has 1 fully saturated rings. The number of ether oxygens (including phenoxy) is 1. The maximum atomic E-state index is 5.91. The molecule has 6 nitrogen and oxygen atoms in total. The molecule has 0 amide bonds. The Labute approximate surface area is 163 Å². The van der Waals surface area contributed by atoms with Crippen LogP contribution in [0, 0.1) is 0 Å². The normalized spacial score (nSPS) is 15.0. The Morgan fingerprint density at radius 3 is 2.88 bits per heavy atom. The molecule has 1 aliphatic rings. The zero-order valence-electron chi connectivity index (χ0n) is 15.2. The molecule has 0 spiro atoms. The summed E-state index contributed by atoms with van der Waals surface area (Å²) in [6.45, 7) is 4.98. The fourth-order valence-electron chi connectivity index (χ4n) is 2.99. The molecule has 1 saturated heterocycles. The van der Waals surface area contributed by atoms with E-state index in [1.54, 1.807) is 0 Å². The summed E-state index contributed by atoms with van der Waals surface area (Å²) < 4.78 is 8.99. The van der Waals surface area contributed by atoms with Gasteiger partial charge in [0, 0.05) is 19.3 Å². The number of hydrogen-bond acceptors (Lipinski definition) is 8. The van der Waals surface area contributed by atoms with Crippen LogP contribution in [0.25, 0.3) is 0 Å². The molecule has 2 heterocycles. The van der Waals surface area contributed by atoms with Crippen LogP contribution in [0.5, 0.6) is 5.75 Å². The first-order valence-electron chi connectivity index (χ1n) is 9.14. The Bertz CT molecular complexity index is 661. The first-order valence-corrected chi connectivity index (χ1v) is 11.2. The van der Waals surface area contributed by atoms with Crippen LogP contribution in [0.3, 0.4) is 0 Å². The molecule has 0 unspecified atom stereocenters. The molecule has 0 aliphatic carbocycles. The molecule has 1 aliphatic heterocycles. The van der Waals surface area contributed by atoms with Gasteiger partial charge in [0.05, 0.1) is 6.61 Å². The smallest absolute Gasteiger partial charge is 0.217 e. The topological polar surface area (TPSA) is 62.3 Å². The average molecular weight is 394 g/mol. The van der Waals surface area contributed by atoms with Gasteiger partial charge in [0.25, 0.3) is 0 Å². The maximum absolute atomic E-state index is 5.91. The van der Waals surface area contributed by atoms with Gasteiger partial charge in [-0.15, -0.1) is 10.2 Å². The summed E-state index contributed by atoms with van der Waals surface area (Å²) in [5, 5.41) is 13.1. The van der Waals surface area contributed by atoms with E-state index in [1.165, 1.54) is 61.2 Å². The van der Waals surface area contributed by atoms with E-state index in [2.05, 4.69) is 43.3 Å². The fourth-order valence-corrected chi connectivity index (χ4v) is 4.14. The van der Waals surface area contributed by atoms with Crippen LogP contribution in [0.4, 0.5) is 10.3 Å². The summed E-state index contributed by atoms with van der Waals surface area (Å²) in [7, 11) is 0. The van der Waals surface area contributed by atoms with Gasteiger partial charge in [0.15, 0.2) is 0 Å². The predicted octanol–water partition coefficient (Wildman–Crippen LogP) is 4.09. The number of anilines is 2. The number of aromatic nitrogens is 2. The minimum Gasteiger partial charge on any atom is -0.494 e. The van der Waals surface area contributed by atoms with Crippen molar-refractivity contribution in [2.75, 3.05) is 42.5 Å². The molecule has 142 valence electrons. The minimum absolute atomic E-state index is 0.689. The Morgan fingerprint density at radius 2 is 2.04 bits per heavy atom. The monoisotopic (exact) mass is 393 g/mol. The molecule has 26 heavy (non-hydrogen) atoms. The van der Waals surface area contributed by atoms with Gasteiger partial charge in [-0.1, -0.05) is 41.8 Å². The molecule has 1 aromatic heterocycles. The quantitative estimate of drug-likeness (QED) is 0.465. The average Bonchev–Trinajstić information content (AvgIpc) is 3.10. The van der Waals surface area contributed by atoms with Crippen molar-refractivity contribution in [2.24, 2.45) is 0 Å². The second-order valence-electron chi connectivity index (χ2n) is 6.33. The third-order valence-electron chi connectivity index (χ3n) is 4.23. The zero-order chi connectivity index (χ0) is 18.0. The summed E-state index contributed by atoms with van der Waals surface area (Å²) in [5.74, 6) is 0.960. The van der Waals surface area contributed by atoms with Crippen molar-refractivity contribution in [1.82, 2.24) is 15.1 Å². The lowest BCUT2D eigenvalue weighted by molar-refractivity contribution is 0.220. The van der Waals surface area contributed by atoms with Crippen molar-refractivity contribution >= 4 is 33.5 Å². The number of piperidine rings is 1. The molecule has 2 N–H and O–H groups in total. The van der Waals surface area contributed by atoms with Crippen LogP contribution in [0.15, 0.2) is 24.3 Å². The lowest BCUT2D eigenvalue weighted by Crippen LogP contribution is -2.29. The number of rotatable bonds is 10. The van der Waals surface area contributed by atoms with Crippen LogP contribution >= 0.6 is 23.3 Å². The second kappa shape index (κ2) is 10.6. The van der Waals surface area contributed by atoms with Crippen molar-refractivity contribution in [3.8, 4) is 5.75 Å². The largest absolute Gasteiger partial charge is 0.494 e. The van der Waals surface area contributed by atoms with Crippen molar-refractivity contribution in [3.05, 3.63) is 29.8 Å². The Morgan fingerprint density at radius 1 is 1.19 bits per heavy atom. The van der Waals surface area contributed by atoms with Crippen molar-refractivity contribution < 1.29 is 4.74 Å². The van der Waals surface area contributed by atoms with E-state index in [1.807, 2.05) is 12.3 Å². The summed E-state index contributed by atoms with van der Waals surface area (Å²) in [4.78, 5) is 2.54. The summed E-state index contributed by atoms with van der Waals surface area (Å²) in [6, 6.07) is 8.50. The van der Waals surface area contributed by atoms with Gasteiger partial charge >= 0.3 is 0 Å². The van der Waals surface area contributed by atoms with E-state index < -0.39 is 0 Å². The highest BCUT2D eigenvalue weighted by atomic mass is 32.2. The molecular formula is C18H27N5OS2. The maximum Gasteiger partial charge on any atom is 0.217 e. The summed E-state index contributed by atoms with van der Waals surface area (Å²) in [5.41, 5.74) is 1.34. The predicted molar refractivity (Wildman–Crippen MR) is 111 cm³/mol. The fraction of sp³-hybridized carbons (Fsp3) is 0.556. The van der Waals surface area contributed by atoms with E-state index >= 15 is 0 Å². The van der Waals surface area contributed by atoms with Crippen LogP contribution < -0.4 is 14.8 Å². The third kappa shape index (κ3) is 6.34. The first-order chi connectivity index (χ1) is 12.8. The van der Waals surface area contributed by atoms with Gasteiger partial charge in [-0.3, -0.25) is 4.90 Å². The molecule has 8 heteroatoms. The van der Waals surface area contributed by atoms with Crippen molar-refractivity contribution in [1.29, 1.82) is 0 Å². The van der Waals surface area contributed by atoms with Crippen molar-refractivity contribution in [2.45, 2.75) is 32.2 Å². The minimum atomic E-state index is 0.689. The van der Waals surface area contributed by atoms with Gasteiger partial charge < -0.3 is 14.8 Å². The molecule has 0 radical (unpaired) electrons. The highest BCUT2D eigenvalue weighted by molar-refractivity contribution is 8.00. The van der Waals surface area contributed by atoms with Gasteiger partial charge in [-0.2, -0.15) is 0 Å². The molecule has 0 saturated carbocycles. The first kappa shape index (κ1) is 19.3. The standard InChI is InChI=1S/C18H27N5OS2/c1-25-22-18-21-20-17(26-18)19-9-6-12-24-16-8-5-7-15(13-16)14-23-10-3-2-4-11-23/h5,7-8,13H,2-4,6,9-12,14H2,1H3,(H,19,20)(H,21,22). The summed E-state index contributed by atoms with van der Waals surface area (Å²) in [6.07, 6.45) is 6.91. The van der Waals surface area contributed by atoms with Gasteiger partial charge in [-0.05, 0) is 50.0 Å². The van der Waals surface area contributed by atoms with Crippen LogP contribution in [0.2, 0.25) is 0 Å². The summed E-state index contributed by atoms with van der Waals surface area (Å²) >= 11 is 3.04. The van der Waals surface area contributed by atoms with Crippen LogP contribution in [-0.2, 0) is 6.54 Å². The Balaban J connectivity index is 1.35. The molecule has 2 aromatic rings. The van der Waals surface area contributed by atoms with E-state index in [0.717, 1.165) is 35.5 Å². The highest BCUT2D eigenvalue weighted by Crippen LogP contribution is 2.21. The van der Waals surface area contributed by atoms with Crippen LogP contribution in [0.1, 0.15) is 31.2 Å². The van der Waals surface area contributed by atoms with E-state index in [4.69, 9.17) is 4.74 Å². The SMILES string of the molecule is CSNc1nnc(NCCCOc2cccc(CN3CCCCC3)c2)s1.